The van der Waals surface area contributed by atoms with E-state index in [1.54, 1.807) is 17.9 Å². The van der Waals surface area contributed by atoms with Crippen LogP contribution in [0.3, 0.4) is 0 Å². The third-order valence-electron chi connectivity index (χ3n) is 5.25. The molecule has 5 aromatic rings. The molecule has 3 N–H and O–H groups in total. The Morgan fingerprint density at radius 3 is 2.72 bits per heavy atom. The first-order chi connectivity index (χ1) is 13.9. The second-order valence-electron chi connectivity index (χ2n) is 6.99. The highest BCUT2D eigenvalue weighted by Gasteiger charge is 2.23. The molecular formula is C20H18N6O2S. The van der Waals surface area contributed by atoms with Crippen molar-refractivity contribution in [1.82, 2.24) is 23.9 Å². The fourth-order valence-electron chi connectivity index (χ4n) is 3.99. The Morgan fingerprint density at radius 2 is 1.97 bits per heavy atom. The molecule has 29 heavy (non-hydrogen) atoms. The van der Waals surface area contributed by atoms with Gasteiger partial charge in [0.1, 0.15) is 21.9 Å². The van der Waals surface area contributed by atoms with Gasteiger partial charge in [-0.2, -0.15) is 4.37 Å². The van der Waals surface area contributed by atoms with E-state index in [4.69, 9.17) is 15.1 Å². The van der Waals surface area contributed by atoms with Crippen LogP contribution in [-0.2, 0) is 0 Å². The molecular weight excluding hydrogens is 388 g/mol. The first-order valence-electron chi connectivity index (χ1n) is 9.00. The molecule has 0 radical (unpaired) electrons. The van der Waals surface area contributed by atoms with Crippen LogP contribution in [0.25, 0.3) is 37.8 Å². The van der Waals surface area contributed by atoms with E-state index >= 15 is 0 Å². The fourth-order valence-corrected chi connectivity index (χ4v) is 4.63. The number of hydrogen-bond donors (Lipinski definition) is 3. The lowest BCUT2D eigenvalue weighted by Gasteiger charge is -2.15. The third kappa shape index (κ3) is 2.31. The minimum Gasteiger partial charge on any atom is -0.496 e. The summed E-state index contributed by atoms with van der Waals surface area (Å²) < 4.78 is 11.5. The van der Waals surface area contributed by atoms with Gasteiger partial charge in [0.2, 0.25) is 5.88 Å². The minimum atomic E-state index is -0.208. The number of aryl methyl sites for hydroxylation is 2. The standard InChI is InChI=1S/C20H18N6O2S/c1-8-5-6-12(28-4)9(2)16(8)26-17(21)14-13-15(23-10(3)24-18(13)26)11-7-22-29-20(11)25-19(14)27/h5-7,21,27H,1-4H3,(H,23,24). The molecule has 0 amide bonds. The molecule has 0 fully saturated rings. The van der Waals surface area contributed by atoms with Gasteiger partial charge in [0.15, 0.2) is 5.65 Å². The van der Waals surface area contributed by atoms with E-state index < -0.39 is 0 Å². The molecule has 0 saturated carbocycles. The van der Waals surface area contributed by atoms with Crippen LogP contribution in [0.5, 0.6) is 11.6 Å². The number of aromatic nitrogens is 5. The molecule has 8 nitrogen and oxygen atoms in total. The number of aromatic amines is 1. The highest BCUT2D eigenvalue weighted by atomic mass is 32.1. The molecule has 5 rings (SSSR count). The van der Waals surface area contributed by atoms with Gasteiger partial charge in [0, 0.05) is 5.56 Å². The van der Waals surface area contributed by atoms with Crippen LogP contribution in [0.2, 0.25) is 0 Å². The molecule has 9 heteroatoms. The average molecular weight is 406 g/mol. The number of benzene rings is 1. The van der Waals surface area contributed by atoms with Crippen LogP contribution in [0.15, 0.2) is 18.3 Å². The summed E-state index contributed by atoms with van der Waals surface area (Å²) in [6.07, 6.45) is 1.72. The molecule has 146 valence electrons. The molecule has 0 aliphatic heterocycles. The highest BCUT2D eigenvalue weighted by Crippen LogP contribution is 2.36. The van der Waals surface area contributed by atoms with E-state index in [-0.39, 0.29) is 11.4 Å². The number of nitrogens with one attached hydrogen (secondary N) is 2. The smallest absolute Gasteiger partial charge is 0.224 e. The van der Waals surface area contributed by atoms with Gasteiger partial charge in [0.25, 0.3) is 0 Å². The Labute approximate surface area is 169 Å². The van der Waals surface area contributed by atoms with Crippen LogP contribution in [-0.4, -0.2) is 36.1 Å². The molecule has 0 atom stereocenters. The summed E-state index contributed by atoms with van der Waals surface area (Å²) in [5.74, 6) is 1.21. The van der Waals surface area contributed by atoms with Crippen molar-refractivity contribution >= 4 is 43.7 Å². The quantitative estimate of drug-likeness (QED) is 0.414. The topological polar surface area (TPSA) is 113 Å². The molecule has 4 aromatic heterocycles. The van der Waals surface area contributed by atoms with Crippen molar-refractivity contribution < 1.29 is 9.84 Å². The zero-order valence-corrected chi connectivity index (χ0v) is 17.1. The van der Waals surface area contributed by atoms with E-state index in [0.717, 1.165) is 33.5 Å². The van der Waals surface area contributed by atoms with Crippen LogP contribution >= 0.6 is 11.5 Å². The molecule has 0 spiro atoms. The molecule has 0 aliphatic rings. The summed E-state index contributed by atoms with van der Waals surface area (Å²) in [6.45, 7) is 5.80. The maximum Gasteiger partial charge on any atom is 0.224 e. The summed E-state index contributed by atoms with van der Waals surface area (Å²) in [6, 6.07) is 3.86. The normalized spacial score (nSPS) is 11.7. The van der Waals surface area contributed by atoms with Crippen molar-refractivity contribution in [2.75, 3.05) is 7.11 Å². The van der Waals surface area contributed by atoms with Gasteiger partial charge in [-0.1, -0.05) is 6.07 Å². The van der Waals surface area contributed by atoms with Gasteiger partial charge in [0.05, 0.1) is 40.7 Å². The summed E-state index contributed by atoms with van der Waals surface area (Å²) in [4.78, 5) is 12.9. The van der Waals surface area contributed by atoms with Gasteiger partial charge >= 0.3 is 0 Å². The van der Waals surface area contributed by atoms with Crippen molar-refractivity contribution in [1.29, 1.82) is 5.41 Å². The molecule has 0 aliphatic carbocycles. The maximum atomic E-state index is 10.8. The van der Waals surface area contributed by atoms with Crippen LogP contribution in [0.4, 0.5) is 0 Å². The lowest BCUT2D eigenvalue weighted by Crippen LogP contribution is -2.16. The predicted octanol–water partition coefficient (Wildman–Crippen LogP) is 3.63. The number of H-pyrrole nitrogens is 1. The second-order valence-corrected chi connectivity index (χ2v) is 7.77. The minimum absolute atomic E-state index is 0.122. The number of aromatic hydroxyl groups is 1. The van der Waals surface area contributed by atoms with Crippen LogP contribution in [0.1, 0.15) is 17.0 Å². The third-order valence-corrected chi connectivity index (χ3v) is 5.95. The summed E-state index contributed by atoms with van der Waals surface area (Å²) in [5.41, 5.74) is 4.13. The Hall–Kier alpha value is -3.46. The van der Waals surface area contributed by atoms with Crippen molar-refractivity contribution in [2.24, 2.45) is 0 Å². The van der Waals surface area contributed by atoms with E-state index in [1.165, 1.54) is 11.5 Å². The van der Waals surface area contributed by atoms with Gasteiger partial charge in [-0.15, -0.1) is 0 Å². The Balaban J connectivity index is 2.10. The number of ether oxygens (including phenoxy) is 1. The van der Waals surface area contributed by atoms with Crippen molar-refractivity contribution in [2.45, 2.75) is 20.8 Å². The van der Waals surface area contributed by atoms with Gasteiger partial charge < -0.3 is 14.8 Å². The fraction of sp³-hybridized carbons (Fsp3) is 0.200. The summed E-state index contributed by atoms with van der Waals surface area (Å²) in [5, 5.41) is 21.5. The lowest BCUT2D eigenvalue weighted by molar-refractivity contribution is 0.411. The Bertz CT molecular complexity index is 1510. The van der Waals surface area contributed by atoms with E-state index in [1.807, 2.05) is 32.9 Å². The van der Waals surface area contributed by atoms with E-state index in [9.17, 15) is 5.11 Å². The first-order valence-corrected chi connectivity index (χ1v) is 9.77. The SMILES string of the molecule is COc1ccc(C)c(-n2c(=N)c3c(O)nc4sncc4c4[nH]c(C)nc2c34)c1C. The largest absolute Gasteiger partial charge is 0.496 e. The monoisotopic (exact) mass is 406 g/mol. The van der Waals surface area contributed by atoms with Crippen LogP contribution < -0.4 is 10.2 Å². The van der Waals surface area contributed by atoms with Crippen molar-refractivity contribution in [3.05, 3.63) is 40.8 Å². The zero-order chi connectivity index (χ0) is 20.4. The van der Waals surface area contributed by atoms with Crippen molar-refractivity contribution in [3.8, 4) is 17.3 Å². The average Bonchev–Trinajstić information content (AvgIpc) is 3.21. The lowest BCUT2D eigenvalue weighted by atomic mass is 10.1. The first kappa shape index (κ1) is 17.6. The maximum absolute atomic E-state index is 10.8. The number of nitrogens with zero attached hydrogens (tertiary/aromatic N) is 4. The van der Waals surface area contributed by atoms with Gasteiger partial charge in [-0.05, 0) is 43.9 Å². The molecule has 4 heterocycles. The molecule has 0 saturated heterocycles. The number of methoxy groups -OCH3 is 1. The van der Waals surface area contributed by atoms with Crippen molar-refractivity contribution in [3.63, 3.8) is 0 Å². The molecule has 0 unspecified atom stereocenters. The Kier molecular flexibility index (Phi) is 3.66. The predicted molar refractivity (Wildman–Crippen MR) is 112 cm³/mol. The second kappa shape index (κ2) is 6.02. The summed E-state index contributed by atoms with van der Waals surface area (Å²) >= 11 is 1.20. The number of fused-ring (bicyclic) bond motifs is 2. The number of rotatable bonds is 2. The molecule has 0 bridgehead atoms. The Morgan fingerprint density at radius 1 is 1.17 bits per heavy atom. The van der Waals surface area contributed by atoms with E-state index in [2.05, 4.69) is 14.3 Å². The van der Waals surface area contributed by atoms with Crippen LogP contribution in [0, 0.1) is 26.2 Å². The van der Waals surface area contributed by atoms with Gasteiger partial charge in [-0.25, -0.2) is 9.97 Å². The van der Waals surface area contributed by atoms with Gasteiger partial charge in [-0.3, -0.25) is 9.98 Å². The summed E-state index contributed by atoms with van der Waals surface area (Å²) in [7, 11) is 1.62. The molecule has 1 aromatic carbocycles. The number of hydrogen-bond acceptors (Lipinski definition) is 7. The zero-order valence-electron chi connectivity index (χ0n) is 16.3. The highest BCUT2D eigenvalue weighted by molar-refractivity contribution is 7.12. The van der Waals surface area contributed by atoms with E-state index in [0.29, 0.717) is 27.1 Å².